The van der Waals surface area contributed by atoms with E-state index in [0.29, 0.717) is 11.4 Å². The summed E-state index contributed by atoms with van der Waals surface area (Å²) in [7, 11) is 0. The second-order valence-corrected chi connectivity index (χ2v) is 3.31. The Morgan fingerprint density at radius 2 is 2.23 bits per heavy atom. The highest BCUT2D eigenvalue weighted by atomic mass is 79.9. The maximum atomic E-state index is 9.51. The van der Waals surface area contributed by atoms with Crippen LogP contribution in [0.15, 0.2) is 22.7 Å². The summed E-state index contributed by atoms with van der Waals surface area (Å²) < 4.78 is 0.803. The van der Waals surface area contributed by atoms with Crippen molar-refractivity contribution in [2.75, 3.05) is 0 Å². The molecular weight excluding hydrogens is 236 g/mol. The Morgan fingerprint density at radius 3 is 2.85 bits per heavy atom. The van der Waals surface area contributed by atoms with Crippen LogP contribution in [-0.4, -0.2) is 25.7 Å². The molecule has 0 amide bonds. The Morgan fingerprint density at radius 1 is 1.38 bits per heavy atom. The Hall–Kier alpha value is -1.43. The number of aromatic amines is 1. The molecule has 2 N–H and O–H groups in total. The number of nitrogens with one attached hydrogen (secondary N) is 1. The Kier molecular flexibility index (Phi) is 1.97. The number of phenolic OH excluding ortho intramolecular Hbond substituents is 1. The first kappa shape index (κ1) is 8.18. The third kappa shape index (κ3) is 1.52. The van der Waals surface area contributed by atoms with Crippen LogP contribution in [-0.2, 0) is 0 Å². The number of phenols is 1. The van der Waals surface area contributed by atoms with Gasteiger partial charge in [-0.1, -0.05) is 15.9 Å². The fourth-order valence-electron chi connectivity index (χ4n) is 0.970. The number of benzene rings is 1. The lowest BCUT2D eigenvalue weighted by atomic mass is 10.2. The predicted molar refractivity (Wildman–Crippen MR) is 49.0 cm³/mol. The van der Waals surface area contributed by atoms with Crippen molar-refractivity contribution in [1.82, 2.24) is 20.6 Å². The number of nitrogens with zero attached hydrogens (tertiary/aromatic N) is 3. The number of H-pyrrole nitrogens is 1. The van der Waals surface area contributed by atoms with Crippen molar-refractivity contribution >= 4 is 15.9 Å². The molecule has 0 saturated carbocycles. The van der Waals surface area contributed by atoms with Crippen LogP contribution in [0.1, 0.15) is 0 Å². The summed E-state index contributed by atoms with van der Waals surface area (Å²) in [5, 5.41) is 22.7. The summed E-state index contributed by atoms with van der Waals surface area (Å²) in [5.41, 5.74) is 0.553. The number of halogens is 1. The summed E-state index contributed by atoms with van der Waals surface area (Å²) in [5.74, 6) is 0.501. The number of aromatic nitrogens is 4. The number of hydrogen-bond donors (Lipinski definition) is 2. The Labute approximate surface area is 81.9 Å². The Balaban J connectivity index is 2.53. The zero-order valence-electron chi connectivity index (χ0n) is 6.40. The summed E-state index contributed by atoms with van der Waals surface area (Å²) in [6.07, 6.45) is 0. The minimum Gasteiger partial charge on any atom is -0.507 e. The fourth-order valence-corrected chi connectivity index (χ4v) is 1.32. The molecule has 0 fully saturated rings. The highest BCUT2D eigenvalue weighted by Gasteiger charge is 2.07. The molecule has 1 aromatic heterocycles. The van der Waals surface area contributed by atoms with E-state index in [1.807, 2.05) is 0 Å². The largest absolute Gasteiger partial charge is 0.507 e. The van der Waals surface area contributed by atoms with E-state index in [-0.39, 0.29) is 5.75 Å². The lowest BCUT2D eigenvalue weighted by Gasteiger charge is -1.98. The van der Waals surface area contributed by atoms with Crippen molar-refractivity contribution in [3.8, 4) is 17.1 Å². The van der Waals surface area contributed by atoms with Crippen LogP contribution in [0, 0.1) is 0 Å². The highest BCUT2D eigenvalue weighted by Crippen LogP contribution is 2.28. The fraction of sp³-hybridized carbons (Fsp3) is 0. The van der Waals surface area contributed by atoms with Crippen LogP contribution in [0.3, 0.4) is 0 Å². The maximum Gasteiger partial charge on any atom is 0.208 e. The van der Waals surface area contributed by atoms with Gasteiger partial charge in [-0.2, -0.15) is 5.21 Å². The highest BCUT2D eigenvalue weighted by molar-refractivity contribution is 9.10. The van der Waals surface area contributed by atoms with Gasteiger partial charge in [0.2, 0.25) is 5.82 Å². The number of hydrogen-bond acceptors (Lipinski definition) is 4. The smallest absolute Gasteiger partial charge is 0.208 e. The second kappa shape index (κ2) is 3.14. The van der Waals surface area contributed by atoms with E-state index in [0.717, 1.165) is 4.47 Å². The average Bonchev–Trinajstić information content (AvgIpc) is 2.56. The first-order chi connectivity index (χ1) is 6.27. The summed E-state index contributed by atoms with van der Waals surface area (Å²) in [4.78, 5) is 0. The van der Waals surface area contributed by atoms with Gasteiger partial charge in [0.15, 0.2) is 0 Å². The normalized spacial score (nSPS) is 10.2. The van der Waals surface area contributed by atoms with Crippen molar-refractivity contribution < 1.29 is 5.11 Å². The number of tetrazole rings is 1. The molecule has 1 aromatic carbocycles. The first-order valence-corrected chi connectivity index (χ1v) is 4.29. The molecule has 0 unspecified atom stereocenters. The van der Waals surface area contributed by atoms with Gasteiger partial charge in [0, 0.05) is 4.47 Å². The van der Waals surface area contributed by atoms with Gasteiger partial charge in [-0.15, -0.1) is 10.2 Å². The van der Waals surface area contributed by atoms with E-state index in [9.17, 15) is 5.11 Å². The molecule has 66 valence electrons. The summed E-state index contributed by atoms with van der Waals surface area (Å²) >= 11 is 3.24. The van der Waals surface area contributed by atoms with Gasteiger partial charge in [-0.05, 0) is 23.4 Å². The number of rotatable bonds is 1. The van der Waals surface area contributed by atoms with Crippen LogP contribution < -0.4 is 0 Å². The lowest BCUT2D eigenvalue weighted by Crippen LogP contribution is -1.81. The second-order valence-electron chi connectivity index (χ2n) is 2.40. The molecule has 6 heteroatoms. The molecule has 2 rings (SSSR count). The lowest BCUT2D eigenvalue weighted by molar-refractivity contribution is 0.476. The molecule has 1 heterocycles. The van der Waals surface area contributed by atoms with Crippen molar-refractivity contribution in [3.63, 3.8) is 0 Å². The van der Waals surface area contributed by atoms with E-state index in [1.165, 1.54) is 0 Å². The molecule has 0 spiro atoms. The summed E-state index contributed by atoms with van der Waals surface area (Å²) in [6, 6.07) is 5.08. The van der Waals surface area contributed by atoms with E-state index in [1.54, 1.807) is 18.2 Å². The van der Waals surface area contributed by atoms with Gasteiger partial charge >= 0.3 is 0 Å². The average molecular weight is 241 g/mol. The molecular formula is C7H5BrN4O. The molecule has 5 nitrogen and oxygen atoms in total. The van der Waals surface area contributed by atoms with Crippen LogP contribution in [0.2, 0.25) is 0 Å². The zero-order valence-corrected chi connectivity index (χ0v) is 7.98. The Bertz CT molecular complexity index is 414. The SMILES string of the molecule is Oc1cc(Br)ccc1-c1nn[nH]n1. The molecule has 0 atom stereocenters. The van der Waals surface area contributed by atoms with Crippen molar-refractivity contribution in [2.24, 2.45) is 0 Å². The molecule has 2 aromatic rings. The number of aromatic hydroxyl groups is 1. The molecule has 0 radical (unpaired) electrons. The monoisotopic (exact) mass is 240 g/mol. The van der Waals surface area contributed by atoms with Crippen molar-refractivity contribution in [3.05, 3.63) is 22.7 Å². The predicted octanol–water partition coefficient (Wildman–Crippen LogP) is 1.33. The van der Waals surface area contributed by atoms with E-state index in [4.69, 9.17) is 0 Å². The zero-order chi connectivity index (χ0) is 9.26. The van der Waals surface area contributed by atoms with Gasteiger partial charge in [0.05, 0.1) is 5.56 Å². The van der Waals surface area contributed by atoms with Crippen molar-refractivity contribution in [1.29, 1.82) is 0 Å². The quantitative estimate of drug-likeness (QED) is 0.789. The van der Waals surface area contributed by atoms with Crippen LogP contribution in [0.5, 0.6) is 5.75 Å². The molecule has 13 heavy (non-hydrogen) atoms. The standard InChI is InChI=1S/C7H5BrN4O/c8-4-1-2-5(6(13)3-4)7-9-11-12-10-7/h1-3,13H,(H,9,10,11,12). The topological polar surface area (TPSA) is 74.7 Å². The van der Waals surface area contributed by atoms with Gasteiger partial charge in [-0.25, -0.2) is 0 Å². The molecule has 0 aliphatic carbocycles. The minimum atomic E-state index is 0.121. The van der Waals surface area contributed by atoms with Gasteiger partial charge in [-0.3, -0.25) is 0 Å². The van der Waals surface area contributed by atoms with Crippen LogP contribution >= 0.6 is 15.9 Å². The van der Waals surface area contributed by atoms with Crippen LogP contribution in [0.25, 0.3) is 11.4 Å². The van der Waals surface area contributed by atoms with Crippen molar-refractivity contribution in [2.45, 2.75) is 0 Å². The first-order valence-electron chi connectivity index (χ1n) is 3.50. The molecule has 0 aliphatic rings. The molecule has 0 saturated heterocycles. The minimum absolute atomic E-state index is 0.121. The van der Waals surface area contributed by atoms with Crippen LogP contribution in [0.4, 0.5) is 0 Å². The van der Waals surface area contributed by atoms with Gasteiger partial charge in [0.25, 0.3) is 0 Å². The van der Waals surface area contributed by atoms with E-state index < -0.39 is 0 Å². The molecule has 0 bridgehead atoms. The maximum absolute atomic E-state index is 9.51. The third-order valence-corrected chi connectivity index (χ3v) is 2.04. The summed E-state index contributed by atoms with van der Waals surface area (Å²) in [6.45, 7) is 0. The van der Waals surface area contributed by atoms with Gasteiger partial charge in [0.1, 0.15) is 5.75 Å². The third-order valence-electron chi connectivity index (χ3n) is 1.55. The van der Waals surface area contributed by atoms with Gasteiger partial charge < -0.3 is 5.11 Å². The van der Waals surface area contributed by atoms with E-state index in [2.05, 4.69) is 36.6 Å². The van der Waals surface area contributed by atoms with E-state index >= 15 is 0 Å². The molecule has 0 aliphatic heterocycles.